The van der Waals surface area contributed by atoms with Crippen molar-refractivity contribution in [1.82, 2.24) is 9.97 Å². The summed E-state index contributed by atoms with van der Waals surface area (Å²) in [5.74, 6) is 0.221. The van der Waals surface area contributed by atoms with Crippen molar-refractivity contribution < 1.29 is 0 Å². The van der Waals surface area contributed by atoms with Gasteiger partial charge < -0.3 is 9.80 Å². The molecule has 0 fully saturated rings. The van der Waals surface area contributed by atoms with Gasteiger partial charge in [-0.05, 0) is 95.6 Å². The maximum Gasteiger partial charge on any atom is 0.0493 e. The molecule has 2 aromatic heterocycles. The van der Waals surface area contributed by atoms with E-state index in [0.717, 1.165) is 36.9 Å². The lowest BCUT2D eigenvalue weighted by atomic mass is 9.77. The Kier molecular flexibility index (Phi) is 6.52. The highest BCUT2D eigenvalue weighted by atomic mass is 15.2. The summed E-state index contributed by atoms with van der Waals surface area (Å²) in [6.45, 7) is 0.983. The molecule has 2 unspecified atom stereocenters. The van der Waals surface area contributed by atoms with Crippen LogP contribution in [0.3, 0.4) is 0 Å². The second-order valence-corrected chi connectivity index (χ2v) is 12.5. The molecular formula is C42H34N4. The standard InChI is InChI=1S/C42H34N4/c1-2-12-34(13-3-1)46-39-17-7-6-15-37(39)36-14-4-5-16-38(36)41-40(46)19-18-29-20-23-45(42(29)41)35-25-32(30-10-8-21-43-27-30)24-33(26-35)31-11-9-22-44-28-31/h1-17,21-22,24-28,40-41H,18-20,23H2. The van der Waals surface area contributed by atoms with Crippen LogP contribution in [0.4, 0.5) is 17.1 Å². The molecule has 2 atom stereocenters. The van der Waals surface area contributed by atoms with E-state index in [2.05, 4.69) is 129 Å². The van der Waals surface area contributed by atoms with Gasteiger partial charge in [0.25, 0.3) is 0 Å². The minimum Gasteiger partial charge on any atom is -0.344 e. The van der Waals surface area contributed by atoms with Gasteiger partial charge in [-0.25, -0.2) is 0 Å². The first-order valence-electron chi connectivity index (χ1n) is 16.3. The summed E-state index contributed by atoms with van der Waals surface area (Å²) in [4.78, 5) is 14.2. The molecule has 0 radical (unpaired) electrons. The van der Waals surface area contributed by atoms with Crippen LogP contribution in [0.15, 0.2) is 157 Å². The van der Waals surface area contributed by atoms with E-state index in [1.165, 1.54) is 50.6 Å². The van der Waals surface area contributed by atoms with Gasteiger partial charge in [0.1, 0.15) is 0 Å². The van der Waals surface area contributed by atoms with E-state index >= 15 is 0 Å². The Labute approximate surface area is 270 Å². The number of benzene rings is 4. The summed E-state index contributed by atoms with van der Waals surface area (Å²) in [7, 11) is 0. The van der Waals surface area contributed by atoms with Crippen molar-refractivity contribution in [3.63, 3.8) is 0 Å². The highest BCUT2D eigenvalue weighted by molar-refractivity contribution is 5.88. The average Bonchev–Trinajstić information content (AvgIpc) is 3.52. The fourth-order valence-electron chi connectivity index (χ4n) is 8.09. The van der Waals surface area contributed by atoms with Gasteiger partial charge in [0, 0.05) is 82.7 Å². The second-order valence-electron chi connectivity index (χ2n) is 12.5. The van der Waals surface area contributed by atoms with Crippen molar-refractivity contribution in [2.24, 2.45) is 0 Å². The predicted molar refractivity (Wildman–Crippen MR) is 188 cm³/mol. The zero-order valence-electron chi connectivity index (χ0n) is 25.6. The maximum atomic E-state index is 4.46. The first-order valence-corrected chi connectivity index (χ1v) is 16.3. The smallest absolute Gasteiger partial charge is 0.0493 e. The molecule has 46 heavy (non-hydrogen) atoms. The summed E-state index contributed by atoms with van der Waals surface area (Å²) >= 11 is 0. The summed E-state index contributed by atoms with van der Waals surface area (Å²) in [5.41, 5.74) is 15.5. The number of hydrogen-bond donors (Lipinski definition) is 0. The quantitative estimate of drug-likeness (QED) is 0.203. The van der Waals surface area contributed by atoms with Crippen molar-refractivity contribution in [1.29, 1.82) is 0 Å². The highest BCUT2D eigenvalue weighted by Crippen LogP contribution is 2.55. The number of aromatic nitrogens is 2. The van der Waals surface area contributed by atoms with Crippen LogP contribution in [0.2, 0.25) is 0 Å². The monoisotopic (exact) mass is 594 g/mol. The Balaban J connectivity index is 1.25. The topological polar surface area (TPSA) is 32.3 Å². The van der Waals surface area contributed by atoms with Crippen molar-refractivity contribution in [3.8, 4) is 33.4 Å². The lowest BCUT2D eigenvalue weighted by Gasteiger charge is -2.43. The Bertz CT molecular complexity index is 2010. The average molecular weight is 595 g/mol. The number of fused-ring (bicyclic) bond motifs is 6. The van der Waals surface area contributed by atoms with E-state index in [9.17, 15) is 0 Å². The van der Waals surface area contributed by atoms with Crippen molar-refractivity contribution in [3.05, 3.63) is 163 Å². The molecule has 0 saturated carbocycles. The first kappa shape index (κ1) is 26.9. The summed E-state index contributed by atoms with van der Waals surface area (Å²) in [6.07, 6.45) is 10.9. The van der Waals surface area contributed by atoms with Gasteiger partial charge in [-0.1, -0.05) is 72.8 Å². The minimum atomic E-state index is 0.221. The number of para-hydroxylation sites is 2. The zero-order chi connectivity index (χ0) is 30.5. The molecule has 9 rings (SSSR count). The second kappa shape index (κ2) is 11.1. The van der Waals surface area contributed by atoms with Gasteiger partial charge >= 0.3 is 0 Å². The van der Waals surface area contributed by atoms with E-state index in [1.807, 2.05) is 36.9 Å². The van der Waals surface area contributed by atoms with Crippen LogP contribution in [-0.4, -0.2) is 22.6 Å². The van der Waals surface area contributed by atoms with Crippen molar-refractivity contribution in [2.75, 3.05) is 16.3 Å². The molecule has 1 aliphatic carbocycles. The lowest BCUT2D eigenvalue weighted by Crippen LogP contribution is -2.41. The Morgan fingerprint density at radius 1 is 0.565 bits per heavy atom. The summed E-state index contributed by atoms with van der Waals surface area (Å²) in [6, 6.07) is 44.8. The molecule has 0 amide bonds. The van der Waals surface area contributed by atoms with Crippen LogP contribution in [0.1, 0.15) is 30.7 Å². The maximum absolute atomic E-state index is 4.46. The van der Waals surface area contributed by atoms with Crippen LogP contribution in [-0.2, 0) is 0 Å². The molecular weight excluding hydrogens is 560 g/mol. The molecule has 4 nitrogen and oxygen atoms in total. The fraction of sp³-hybridized carbons (Fsp3) is 0.143. The Hall–Kier alpha value is -5.48. The van der Waals surface area contributed by atoms with Gasteiger partial charge in [-0.3, -0.25) is 9.97 Å². The van der Waals surface area contributed by atoms with Crippen molar-refractivity contribution >= 4 is 17.1 Å². The number of hydrogen-bond acceptors (Lipinski definition) is 4. The largest absolute Gasteiger partial charge is 0.344 e. The van der Waals surface area contributed by atoms with E-state index in [-0.39, 0.29) is 12.0 Å². The molecule has 0 spiro atoms. The van der Waals surface area contributed by atoms with Crippen molar-refractivity contribution in [2.45, 2.75) is 31.2 Å². The van der Waals surface area contributed by atoms with Crippen LogP contribution < -0.4 is 9.80 Å². The molecule has 4 heteroatoms. The SMILES string of the molecule is c1ccc(N2c3ccccc3-c3ccccc3C3C4=C(CCC32)CCN4c2cc(-c3cccnc3)cc(-c3cccnc3)c2)cc1. The summed E-state index contributed by atoms with van der Waals surface area (Å²) < 4.78 is 0. The van der Waals surface area contributed by atoms with Gasteiger partial charge in [-0.2, -0.15) is 0 Å². The van der Waals surface area contributed by atoms with Gasteiger partial charge in [0.15, 0.2) is 0 Å². The molecule has 2 aliphatic heterocycles. The molecule has 222 valence electrons. The highest BCUT2D eigenvalue weighted by Gasteiger charge is 2.44. The molecule has 4 aromatic carbocycles. The number of rotatable bonds is 4. The van der Waals surface area contributed by atoms with E-state index in [0.29, 0.717) is 0 Å². The van der Waals surface area contributed by atoms with Gasteiger partial charge in [0.05, 0.1) is 0 Å². The van der Waals surface area contributed by atoms with Crippen LogP contribution in [0.25, 0.3) is 33.4 Å². The predicted octanol–water partition coefficient (Wildman–Crippen LogP) is 10.0. The molecule has 0 bridgehead atoms. The van der Waals surface area contributed by atoms with E-state index in [4.69, 9.17) is 0 Å². The third kappa shape index (κ3) is 4.44. The van der Waals surface area contributed by atoms with Crippen LogP contribution in [0.5, 0.6) is 0 Å². The first-order chi connectivity index (χ1) is 22.8. The molecule has 0 saturated heterocycles. The fourth-order valence-corrected chi connectivity index (χ4v) is 8.09. The summed E-state index contributed by atoms with van der Waals surface area (Å²) in [5, 5.41) is 0. The van der Waals surface area contributed by atoms with E-state index in [1.54, 1.807) is 5.57 Å². The van der Waals surface area contributed by atoms with Crippen LogP contribution >= 0.6 is 0 Å². The molecule has 6 aromatic rings. The number of anilines is 3. The van der Waals surface area contributed by atoms with E-state index < -0.39 is 0 Å². The Morgan fingerprint density at radius 2 is 1.24 bits per heavy atom. The van der Waals surface area contributed by atoms with Gasteiger partial charge in [0.2, 0.25) is 0 Å². The van der Waals surface area contributed by atoms with Crippen LogP contribution in [0, 0.1) is 0 Å². The molecule has 0 N–H and O–H groups in total. The normalized spacial score (nSPS) is 18.3. The number of pyridine rings is 2. The minimum absolute atomic E-state index is 0.221. The zero-order valence-corrected chi connectivity index (χ0v) is 25.6. The third-order valence-corrected chi connectivity index (χ3v) is 10.0. The third-order valence-electron chi connectivity index (χ3n) is 10.0. The number of nitrogens with zero attached hydrogens (tertiary/aromatic N) is 4. The van der Waals surface area contributed by atoms with Gasteiger partial charge in [-0.15, -0.1) is 0 Å². The molecule has 3 aliphatic rings. The lowest BCUT2D eigenvalue weighted by molar-refractivity contribution is 0.502. The molecule has 4 heterocycles. The Morgan fingerprint density at radius 3 is 1.96 bits per heavy atom.